The Morgan fingerprint density at radius 1 is 1.67 bits per heavy atom. The first-order valence-corrected chi connectivity index (χ1v) is 2.99. The Bertz CT molecular complexity index is 139. The van der Waals surface area contributed by atoms with E-state index in [1.54, 1.807) is 0 Å². The molecule has 1 N–H and O–H groups in total. The summed E-state index contributed by atoms with van der Waals surface area (Å²) in [4.78, 5) is 9.79. The van der Waals surface area contributed by atoms with Crippen molar-refractivity contribution >= 4 is 5.97 Å². The van der Waals surface area contributed by atoms with Crippen molar-refractivity contribution in [2.45, 2.75) is 26.2 Å². The number of unbranched alkanes of at least 4 members (excludes halogenated alkanes) is 2. The second kappa shape index (κ2) is 5.17. The zero-order valence-electron chi connectivity index (χ0n) is 5.48. The van der Waals surface area contributed by atoms with Crippen LogP contribution in [0.2, 0.25) is 0 Å². The van der Waals surface area contributed by atoms with Gasteiger partial charge in [0.25, 0.3) is 0 Å². The third-order valence-corrected chi connectivity index (χ3v) is 0.851. The third-order valence-electron chi connectivity index (χ3n) is 0.851. The Morgan fingerprint density at radius 2 is 2.33 bits per heavy atom. The molecule has 0 aromatic carbocycles. The van der Waals surface area contributed by atoms with Crippen LogP contribution in [0.3, 0.4) is 0 Å². The highest BCUT2D eigenvalue weighted by Crippen LogP contribution is 1.89. The summed E-state index contributed by atoms with van der Waals surface area (Å²) in [5.41, 5.74) is 0. The second-order valence-electron chi connectivity index (χ2n) is 1.71. The van der Waals surface area contributed by atoms with Crippen molar-refractivity contribution in [2.75, 3.05) is 0 Å². The topological polar surface area (TPSA) is 37.3 Å². The summed E-state index contributed by atoms with van der Waals surface area (Å²) in [6.07, 6.45) is 2.75. The summed E-state index contributed by atoms with van der Waals surface area (Å²) in [5, 5.41) is 8.04. The van der Waals surface area contributed by atoms with E-state index in [2.05, 4.69) is 5.92 Å². The van der Waals surface area contributed by atoms with Gasteiger partial charge in [0, 0.05) is 12.3 Å². The first-order chi connectivity index (χ1) is 4.27. The lowest BCUT2D eigenvalue weighted by Crippen LogP contribution is -1.86. The van der Waals surface area contributed by atoms with Crippen molar-refractivity contribution in [3.63, 3.8) is 0 Å². The molecule has 0 aliphatic rings. The van der Waals surface area contributed by atoms with E-state index in [1.807, 2.05) is 12.8 Å². The van der Waals surface area contributed by atoms with Crippen LogP contribution in [0.25, 0.3) is 0 Å². The summed E-state index contributed by atoms with van der Waals surface area (Å²) < 4.78 is 0. The normalized spacial score (nSPS) is 7.67. The molecule has 50 valence electrons. The molecule has 0 unspecified atom stereocenters. The van der Waals surface area contributed by atoms with E-state index in [0.29, 0.717) is 6.42 Å². The van der Waals surface area contributed by atoms with Gasteiger partial charge in [-0.15, -0.1) is 0 Å². The van der Waals surface area contributed by atoms with E-state index in [1.165, 1.54) is 0 Å². The molecule has 0 radical (unpaired) electrons. The molecule has 0 amide bonds. The van der Waals surface area contributed by atoms with Gasteiger partial charge in [-0.3, -0.25) is 0 Å². The van der Waals surface area contributed by atoms with Crippen molar-refractivity contribution in [3.8, 4) is 11.8 Å². The van der Waals surface area contributed by atoms with Crippen LogP contribution in [-0.2, 0) is 4.79 Å². The molecule has 0 saturated heterocycles. The average Bonchev–Trinajstić information content (AvgIpc) is 1.80. The molecule has 0 aliphatic carbocycles. The quantitative estimate of drug-likeness (QED) is 0.446. The van der Waals surface area contributed by atoms with Gasteiger partial charge in [-0.25, -0.2) is 4.79 Å². The molecule has 2 heteroatoms. The number of aliphatic carboxylic acids is 1. The minimum Gasteiger partial charge on any atom is -0.472 e. The van der Waals surface area contributed by atoms with Crippen molar-refractivity contribution in [1.29, 1.82) is 0 Å². The highest BCUT2D eigenvalue weighted by Gasteiger charge is 1.81. The van der Waals surface area contributed by atoms with Crippen LogP contribution < -0.4 is 0 Å². The maximum atomic E-state index is 9.79. The van der Waals surface area contributed by atoms with Crippen LogP contribution in [0.15, 0.2) is 0 Å². The summed E-state index contributed by atoms with van der Waals surface area (Å²) in [6, 6.07) is 0. The van der Waals surface area contributed by atoms with Gasteiger partial charge in [0.2, 0.25) is 0 Å². The van der Waals surface area contributed by atoms with Crippen LogP contribution in [0, 0.1) is 11.8 Å². The van der Waals surface area contributed by atoms with Gasteiger partial charge in [-0.2, -0.15) is 0 Å². The van der Waals surface area contributed by atoms with Gasteiger partial charge in [0.15, 0.2) is 0 Å². The van der Waals surface area contributed by atoms with Gasteiger partial charge in [0.05, 0.1) is 0 Å². The van der Waals surface area contributed by atoms with E-state index >= 15 is 0 Å². The Labute approximate surface area is 54.9 Å². The molecule has 0 heterocycles. The largest absolute Gasteiger partial charge is 0.472 e. The van der Waals surface area contributed by atoms with Crippen LogP contribution in [0.5, 0.6) is 0 Å². The number of carbonyl (C=O) groups is 1. The fraction of sp³-hybridized carbons (Fsp3) is 0.571. The number of carboxylic acids is 1. The minimum atomic E-state index is -1.04. The summed E-state index contributed by atoms with van der Waals surface area (Å²) >= 11 is 0. The lowest BCUT2D eigenvalue weighted by Gasteiger charge is -1.81. The Hall–Kier alpha value is -0.970. The average molecular weight is 126 g/mol. The van der Waals surface area contributed by atoms with E-state index < -0.39 is 5.97 Å². The second-order valence-corrected chi connectivity index (χ2v) is 1.71. The third kappa shape index (κ3) is 7.03. The van der Waals surface area contributed by atoms with Crippen LogP contribution in [0.1, 0.15) is 26.2 Å². The molecule has 0 fully saturated rings. The predicted octanol–water partition coefficient (Wildman–Crippen LogP) is 1.26. The van der Waals surface area contributed by atoms with Crippen molar-refractivity contribution < 1.29 is 9.90 Å². The Balaban J connectivity index is 3.27. The Kier molecular flexibility index (Phi) is 4.61. The molecule has 0 aliphatic heterocycles. The summed E-state index contributed by atoms with van der Waals surface area (Å²) in [7, 11) is 0. The van der Waals surface area contributed by atoms with Gasteiger partial charge < -0.3 is 5.11 Å². The standard InChI is InChI=1S/C7H10O2/c1-2-3-4-5-6-7(8)9/h2-4H2,1H3,(H,8,9). The van der Waals surface area contributed by atoms with Gasteiger partial charge >= 0.3 is 5.97 Å². The molecular formula is C7H10O2. The molecule has 0 atom stereocenters. The lowest BCUT2D eigenvalue weighted by atomic mass is 10.2. The summed E-state index contributed by atoms with van der Waals surface area (Å²) in [6.45, 7) is 2.04. The fourth-order valence-corrected chi connectivity index (χ4v) is 0.403. The molecule has 0 rings (SSSR count). The predicted molar refractivity (Wildman–Crippen MR) is 34.9 cm³/mol. The SMILES string of the molecule is CCCCC#CC(=O)O. The highest BCUT2D eigenvalue weighted by molar-refractivity contribution is 5.86. The van der Waals surface area contributed by atoms with Gasteiger partial charge in [-0.1, -0.05) is 19.3 Å². The molecule has 0 aromatic heterocycles. The zero-order valence-corrected chi connectivity index (χ0v) is 5.48. The molecule has 0 saturated carbocycles. The van der Waals surface area contributed by atoms with E-state index in [0.717, 1.165) is 12.8 Å². The van der Waals surface area contributed by atoms with Crippen molar-refractivity contribution in [3.05, 3.63) is 0 Å². The number of hydrogen-bond donors (Lipinski definition) is 1. The molecule has 2 nitrogen and oxygen atoms in total. The van der Waals surface area contributed by atoms with Crippen LogP contribution in [-0.4, -0.2) is 11.1 Å². The van der Waals surface area contributed by atoms with E-state index in [9.17, 15) is 4.79 Å². The van der Waals surface area contributed by atoms with E-state index in [-0.39, 0.29) is 0 Å². The molecule has 0 spiro atoms. The van der Waals surface area contributed by atoms with Crippen molar-refractivity contribution in [1.82, 2.24) is 0 Å². The minimum absolute atomic E-state index is 0.697. The molecular weight excluding hydrogens is 116 g/mol. The molecule has 0 bridgehead atoms. The van der Waals surface area contributed by atoms with Gasteiger partial charge in [-0.05, 0) is 6.42 Å². The highest BCUT2D eigenvalue weighted by atomic mass is 16.4. The van der Waals surface area contributed by atoms with Crippen molar-refractivity contribution in [2.24, 2.45) is 0 Å². The van der Waals surface area contributed by atoms with Crippen LogP contribution in [0.4, 0.5) is 0 Å². The Morgan fingerprint density at radius 3 is 2.78 bits per heavy atom. The monoisotopic (exact) mass is 126 g/mol. The summed E-state index contributed by atoms with van der Waals surface area (Å²) in [5.74, 6) is 3.55. The smallest absolute Gasteiger partial charge is 0.381 e. The van der Waals surface area contributed by atoms with Gasteiger partial charge in [0.1, 0.15) is 0 Å². The first kappa shape index (κ1) is 8.03. The maximum absolute atomic E-state index is 9.79. The fourth-order valence-electron chi connectivity index (χ4n) is 0.403. The molecule has 9 heavy (non-hydrogen) atoms. The van der Waals surface area contributed by atoms with Crippen LogP contribution >= 0.6 is 0 Å². The van der Waals surface area contributed by atoms with E-state index in [4.69, 9.17) is 5.11 Å². The first-order valence-electron chi connectivity index (χ1n) is 2.99. The molecule has 0 aromatic rings. The zero-order chi connectivity index (χ0) is 7.11. The lowest BCUT2D eigenvalue weighted by molar-refractivity contribution is -0.130. The maximum Gasteiger partial charge on any atom is 0.381 e. The number of hydrogen-bond acceptors (Lipinski definition) is 1. The number of carboxylic acid groups (broad SMARTS) is 1. The number of rotatable bonds is 2.